The van der Waals surface area contributed by atoms with E-state index in [4.69, 9.17) is 33.2 Å². The van der Waals surface area contributed by atoms with Gasteiger partial charge in [-0.15, -0.1) is 13.2 Å². The second kappa shape index (κ2) is 16.6. The van der Waals surface area contributed by atoms with E-state index in [1.165, 1.54) is 11.1 Å². The van der Waals surface area contributed by atoms with Gasteiger partial charge >= 0.3 is 0 Å². The average molecular weight is 739 g/mol. The number of ether oxygens (including phenoxy) is 7. The predicted octanol–water partition coefficient (Wildman–Crippen LogP) is 8.41. The van der Waals surface area contributed by atoms with Gasteiger partial charge in [-0.25, -0.2) is 0 Å². The Morgan fingerprint density at radius 3 is 2.32 bits per heavy atom. The SMILES string of the molecule is C=CCC(O)C[C@@H]1[C@@H](C)[C@@H](C[C@H](C)CC)O[C@H]1C[C@H]1OC(CC[C@@H]2O[C@@H](CC[C@@]34C[C@H]5OC6[C@@H](O3)C(C)[C@H](CC=C)O[C@H]6[C@H]5O4)CC2=C)C[C@@H](C)C1=C. The highest BCUT2D eigenvalue weighted by atomic mass is 16.8. The van der Waals surface area contributed by atoms with Crippen LogP contribution in [0.3, 0.4) is 0 Å². The van der Waals surface area contributed by atoms with Crippen LogP contribution in [0, 0.1) is 29.6 Å². The van der Waals surface area contributed by atoms with Crippen LogP contribution in [0.5, 0.6) is 0 Å². The fourth-order valence-corrected chi connectivity index (χ4v) is 11.0. The topological polar surface area (TPSA) is 84.8 Å². The largest absolute Gasteiger partial charge is 0.393 e. The predicted molar refractivity (Wildman–Crippen MR) is 206 cm³/mol. The fraction of sp³-hybridized carbons (Fsp3) is 0.822. The van der Waals surface area contributed by atoms with Gasteiger partial charge in [0, 0.05) is 25.2 Å². The highest BCUT2D eigenvalue weighted by molar-refractivity contribution is 5.14. The summed E-state index contributed by atoms with van der Waals surface area (Å²) >= 11 is 0. The maximum absolute atomic E-state index is 10.8. The minimum atomic E-state index is -0.645. The normalized spacial score (nSPS) is 47.2. The Hall–Kier alpha value is -1.36. The Kier molecular flexibility index (Phi) is 12.5. The maximum Gasteiger partial charge on any atom is 0.172 e. The number of aliphatic hydroxyl groups is 1. The number of aliphatic hydroxyl groups excluding tert-OH is 1. The summed E-state index contributed by atoms with van der Waals surface area (Å²) in [6.45, 7) is 28.2. The van der Waals surface area contributed by atoms with Crippen molar-refractivity contribution in [2.45, 2.75) is 203 Å². The second-order valence-corrected chi connectivity index (χ2v) is 18.3. The molecule has 0 amide bonds. The molecule has 8 aliphatic heterocycles. The Labute approximate surface area is 320 Å². The molecule has 0 aliphatic carbocycles. The number of hydrogen-bond acceptors (Lipinski definition) is 8. The molecule has 53 heavy (non-hydrogen) atoms. The lowest BCUT2D eigenvalue weighted by Crippen LogP contribution is -2.54. The minimum absolute atomic E-state index is 0.0271. The third-order valence-corrected chi connectivity index (χ3v) is 14.5. The molecule has 0 radical (unpaired) electrons. The Morgan fingerprint density at radius 1 is 0.811 bits per heavy atom. The van der Waals surface area contributed by atoms with Crippen LogP contribution in [0.4, 0.5) is 0 Å². The van der Waals surface area contributed by atoms with Crippen LogP contribution in [-0.4, -0.2) is 90.2 Å². The van der Waals surface area contributed by atoms with Gasteiger partial charge in [0.05, 0.1) is 61.0 Å². The van der Waals surface area contributed by atoms with E-state index in [0.29, 0.717) is 24.2 Å². The van der Waals surface area contributed by atoms with Crippen molar-refractivity contribution in [2.75, 3.05) is 0 Å². The molecule has 298 valence electrons. The molecule has 8 heterocycles. The zero-order valence-corrected chi connectivity index (χ0v) is 33.4. The van der Waals surface area contributed by atoms with Gasteiger partial charge in [-0.3, -0.25) is 0 Å². The standard InChI is InChI=1S/C45H70O8/c1-10-13-31(46)22-34-29(8)37(19-25(4)12-3)49-39(34)23-38-28(7)26(5)20-32(48-38)15-16-35-27(6)21-33(47-35)17-18-45-24-40-42(53-45)44-43(51-40)41(52-45)30(9)36(50-44)14-11-2/h10-11,25-26,29-44,46H,1-2,6-7,12-24H2,3-5,8-9H3/t25-,26-,29-,30?,31?,32?,33+,34-,35+,36+,37-,38-,39+,40-,41+,42+,43?,44+,45-/m1/s1. The lowest BCUT2D eigenvalue weighted by Gasteiger charge is -2.42. The summed E-state index contributed by atoms with van der Waals surface area (Å²) in [6, 6.07) is 0. The summed E-state index contributed by atoms with van der Waals surface area (Å²) in [5.74, 6) is 1.22. The summed E-state index contributed by atoms with van der Waals surface area (Å²) in [4.78, 5) is 0. The van der Waals surface area contributed by atoms with E-state index in [-0.39, 0.29) is 85.1 Å². The Morgan fingerprint density at radius 2 is 1.57 bits per heavy atom. The van der Waals surface area contributed by atoms with E-state index < -0.39 is 11.9 Å². The molecule has 0 saturated carbocycles. The smallest absolute Gasteiger partial charge is 0.172 e. The third-order valence-electron chi connectivity index (χ3n) is 14.5. The lowest BCUT2D eigenvalue weighted by molar-refractivity contribution is -0.262. The van der Waals surface area contributed by atoms with Gasteiger partial charge in [0.1, 0.15) is 18.3 Å². The number of hydrogen-bond donors (Lipinski definition) is 1. The van der Waals surface area contributed by atoms with Crippen molar-refractivity contribution in [3.05, 3.63) is 49.6 Å². The van der Waals surface area contributed by atoms with Gasteiger partial charge in [-0.05, 0) is 92.6 Å². The van der Waals surface area contributed by atoms with Crippen molar-refractivity contribution in [3.8, 4) is 0 Å². The fourth-order valence-electron chi connectivity index (χ4n) is 11.0. The van der Waals surface area contributed by atoms with E-state index in [2.05, 4.69) is 60.9 Å². The Bertz CT molecular complexity index is 1320. The molecule has 1 N–H and O–H groups in total. The van der Waals surface area contributed by atoms with Crippen LogP contribution < -0.4 is 0 Å². The third kappa shape index (κ3) is 8.23. The first-order valence-corrected chi connectivity index (χ1v) is 21.3. The van der Waals surface area contributed by atoms with Crippen molar-refractivity contribution >= 4 is 0 Å². The molecule has 8 rings (SSSR count). The molecule has 19 atom stereocenters. The molecule has 8 saturated heterocycles. The van der Waals surface area contributed by atoms with Crippen molar-refractivity contribution in [2.24, 2.45) is 29.6 Å². The molecule has 0 aromatic heterocycles. The van der Waals surface area contributed by atoms with Crippen LogP contribution in [0.25, 0.3) is 0 Å². The van der Waals surface area contributed by atoms with Gasteiger partial charge in [-0.2, -0.15) is 0 Å². The van der Waals surface area contributed by atoms with Gasteiger partial charge in [0.25, 0.3) is 0 Å². The van der Waals surface area contributed by atoms with Gasteiger partial charge in [0.2, 0.25) is 0 Å². The molecular formula is C45H70O8. The quantitative estimate of drug-likeness (QED) is 0.149. The summed E-state index contributed by atoms with van der Waals surface area (Å²) in [6.07, 6.45) is 14.9. The van der Waals surface area contributed by atoms with Crippen molar-refractivity contribution in [3.63, 3.8) is 0 Å². The molecule has 8 aliphatic rings. The highest BCUT2D eigenvalue weighted by Crippen LogP contribution is 2.54. The first-order valence-electron chi connectivity index (χ1n) is 21.3. The molecular weight excluding hydrogens is 668 g/mol. The van der Waals surface area contributed by atoms with E-state index in [0.717, 1.165) is 77.0 Å². The van der Waals surface area contributed by atoms with Crippen molar-refractivity contribution in [1.82, 2.24) is 0 Å². The van der Waals surface area contributed by atoms with Crippen LogP contribution in [0.1, 0.15) is 118 Å². The molecule has 0 spiro atoms. The van der Waals surface area contributed by atoms with Gasteiger partial charge < -0.3 is 38.3 Å². The molecule has 8 fully saturated rings. The van der Waals surface area contributed by atoms with Crippen LogP contribution in [0.15, 0.2) is 49.6 Å². The summed E-state index contributed by atoms with van der Waals surface area (Å²) in [5.41, 5.74) is 2.36. The summed E-state index contributed by atoms with van der Waals surface area (Å²) in [7, 11) is 0. The molecule has 8 heteroatoms. The molecule has 0 aromatic carbocycles. The van der Waals surface area contributed by atoms with Crippen LogP contribution >= 0.6 is 0 Å². The molecule has 4 unspecified atom stereocenters. The second-order valence-electron chi connectivity index (χ2n) is 18.3. The summed E-state index contributed by atoms with van der Waals surface area (Å²) in [5, 5.41) is 10.8. The first-order chi connectivity index (χ1) is 25.4. The molecule has 6 bridgehead atoms. The van der Waals surface area contributed by atoms with Crippen molar-refractivity contribution in [1.29, 1.82) is 0 Å². The molecule has 8 nitrogen and oxygen atoms in total. The zero-order valence-electron chi connectivity index (χ0n) is 33.4. The summed E-state index contributed by atoms with van der Waals surface area (Å²) < 4.78 is 47.1. The maximum atomic E-state index is 10.8. The van der Waals surface area contributed by atoms with Crippen LogP contribution in [0.2, 0.25) is 0 Å². The van der Waals surface area contributed by atoms with E-state index in [1.807, 2.05) is 12.2 Å². The average Bonchev–Trinajstić information content (AvgIpc) is 3.79. The monoisotopic (exact) mass is 739 g/mol. The van der Waals surface area contributed by atoms with E-state index >= 15 is 0 Å². The number of rotatable bonds is 17. The van der Waals surface area contributed by atoms with Crippen molar-refractivity contribution < 1.29 is 38.3 Å². The van der Waals surface area contributed by atoms with E-state index in [9.17, 15) is 5.11 Å². The minimum Gasteiger partial charge on any atom is -0.393 e. The van der Waals surface area contributed by atoms with Gasteiger partial charge in [-0.1, -0.05) is 66.3 Å². The molecule has 0 aromatic rings. The van der Waals surface area contributed by atoms with E-state index in [1.54, 1.807) is 0 Å². The van der Waals surface area contributed by atoms with Gasteiger partial charge in [0.15, 0.2) is 5.79 Å². The lowest BCUT2D eigenvalue weighted by atomic mass is 9.78. The Balaban J connectivity index is 0.921. The first kappa shape index (κ1) is 39.9. The zero-order chi connectivity index (χ0) is 37.6. The van der Waals surface area contributed by atoms with Crippen LogP contribution in [-0.2, 0) is 33.2 Å². The highest BCUT2D eigenvalue weighted by Gasteiger charge is 2.67.